The van der Waals surface area contributed by atoms with Gasteiger partial charge in [-0.25, -0.2) is 4.98 Å². The standard InChI is InChI=1S/C14H13BrN2S/c1-9(2)10-3-5-11(6-4-10)14-17-12(7-8-16)13(15)18-14/h3-6,9H,7H2,1-2H3. The number of benzene rings is 1. The van der Waals surface area contributed by atoms with Crippen molar-refractivity contribution < 1.29 is 0 Å². The molecule has 2 aromatic rings. The Morgan fingerprint density at radius 1 is 1.33 bits per heavy atom. The zero-order chi connectivity index (χ0) is 13.1. The second-order valence-corrected chi connectivity index (χ2v) is 6.67. The zero-order valence-corrected chi connectivity index (χ0v) is 12.7. The Hall–Kier alpha value is -1.18. The van der Waals surface area contributed by atoms with Gasteiger partial charge in [0.25, 0.3) is 0 Å². The SMILES string of the molecule is CC(C)c1ccc(-c2nc(CC#N)c(Br)s2)cc1. The van der Waals surface area contributed by atoms with Crippen molar-refractivity contribution in [2.45, 2.75) is 26.2 Å². The summed E-state index contributed by atoms with van der Waals surface area (Å²) in [4.78, 5) is 4.49. The van der Waals surface area contributed by atoms with E-state index >= 15 is 0 Å². The lowest BCUT2D eigenvalue weighted by Gasteiger charge is -2.05. The summed E-state index contributed by atoms with van der Waals surface area (Å²) in [5.74, 6) is 0.538. The molecule has 1 aromatic carbocycles. The van der Waals surface area contributed by atoms with Gasteiger partial charge in [-0.3, -0.25) is 0 Å². The van der Waals surface area contributed by atoms with Crippen LogP contribution in [-0.2, 0) is 6.42 Å². The molecule has 0 atom stereocenters. The van der Waals surface area contributed by atoms with Crippen LogP contribution in [0.5, 0.6) is 0 Å². The summed E-state index contributed by atoms with van der Waals surface area (Å²) < 4.78 is 0.951. The molecule has 0 bridgehead atoms. The van der Waals surface area contributed by atoms with Crippen molar-refractivity contribution in [3.63, 3.8) is 0 Å². The maximum atomic E-state index is 8.72. The van der Waals surface area contributed by atoms with Crippen molar-refractivity contribution in [1.82, 2.24) is 4.98 Å². The van der Waals surface area contributed by atoms with Gasteiger partial charge in [-0.2, -0.15) is 5.26 Å². The maximum absolute atomic E-state index is 8.72. The lowest BCUT2D eigenvalue weighted by molar-refractivity contribution is 0.867. The zero-order valence-electron chi connectivity index (χ0n) is 10.3. The van der Waals surface area contributed by atoms with Crippen molar-refractivity contribution in [3.8, 4) is 16.6 Å². The van der Waals surface area contributed by atoms with E-state index in [1.165, 1.54) is 5.56 Å². The van der Waals surface area contributed by atoms with Gasteiger partial charge >= 0.3 is 0 Å². The number of nitrogens with zero attached hydrogens (tertiary/aromatic N) is 2. The highest BCUT2D eigenvalue weighted by Gasteiger charge is 2.10. The minimum atomic E-state index is 0.348. The van der Waals surface area contributed by atoms with E-state index in [1.807, 2.05) is 0 Å². The molecule has 4 heteroatoms. The Kier molecular flexibility index (Phi) is 4.15. The number of hydrogen-bond donors (Lipinski definition) is 0. The minimum Gasteiger partial charge on any atom is -0.239 e. The first-order chi connectivity index (χ1) is 8.61. The molecule has 0 saturated carbocycles. The van der Waals surface area contributed by atoms with Gasteiger partial charge in [0.1, 0.15) is 5.01 Å². The Labute approximate surface area is 119 Å². The highest BCUT2D eigenvalue weighted by Crippen LogP contribution is 2.32. The van der Waals surface area contributed by atoms with Gasteiger partial charge in [0.15, 0.2) is 0 Å². The Morgan fingerprint density at radius 3 is 2.56 bits per heavy atom. The largest absolute Gasteiger partial charge is 0.239 e. The Balaban J connectivity index is 2.31. The molecule has 0 N–H and O–H groups in total. The average molecular weight is 321 g/mol. The third-order valence-corrected chi connectivity index (χ3v) is 4.60. The van der Waals surface area contributed by atoms with Crippen LogP contribution in [0.4, 0.5) is 0 Å². The topological polar surface area (TPSA) is 36.7 Å². The summed E-state index contributed by atoms with van der Waals surface area (Å²) in [6.45, 7) is 4.36. The third-order valence-electron chi connectivity index (χ3n) is 2.72. The molecule has 0 aliphatic rings. The number of aromatic nitrogens is 1. The fourth-order valence-corrected chi connectivity index (χ4v) is 3.16. The first-order valence-corrected chi connectivity index (χ1v) is 7.35. The van der Waals surface area contributed by atoms with Crippen molar-refractivity contribution in [2.24, 2.45) is 0 Å². The molecule has 0 radical (unpaired) electrons. The van der Waals surface area contributed by atoms with E-state index in [2.05, 4.69) is 65.1 Å². The molecule has 0 aliphatic heterocycles. The Morgan fingerprint density at radius 2 is 2.00 bits per heavy atom. The molecule has 1 heterocycles. The van der Waals surface area contributed by atoms with Crippen LogP contribution >= 0.6 is 27.3 Å². The predicted molar refractivity (Wildman–Crippen MR) is 78.7 cm³/mol. The fraction of sp³-hybridized carbons (Fsp3) is 0.286. The molecule has 0 saturated heterocycles. The normalized spacial score (nSPS) is 10.6. The summed E-state index contributed by atoms with van der Waals surface area (Å²) in [5, 5.41) is 9.68. The molecule has 2 nitrogen and oxygen atoms in total. The first kappa shape index (κ1) is 13.3. The summed E-state index contributed by atoms with van der Waals surface area (Å²) in [7, 11) is 0. The molecule has 0 unspecified atom stereocenters. The van der Waals surface area contributed by atoms with Gasteiger partial charge in [0, 0.05) is 5.56 Å². The van der Waals surface area contributed by atoms with Gasteiger partial charge in [0.05, 0.1) is 22.0 Å². The summed E-state index contributed by atoms with van der Waals surface area (Å²) in [5.41, 5.74) is 3.26. The number of thiazole rings is 1. The van der Waals surface area contributed by atoms with E-state index < -0.39 is 0 Å². The predicted octanol–water partition coefficient (Wildman–Crippen LogP) is 4.76. The van der Waals surface area contributed by atoms with Crippen LogP contribution in [0.25, 0.3) is 10.6 Å². The second-order valence-electron chi connectivity index (χ2n) is 4.35. The average Bonchev–Trinajstić information content (AvgIpc) is 2.72. The van der Waals surface area contributed by atoms with E-state index in [0.29, 0.717) is 12.3 Å². The number of hydrogen-bond acceptors (Lipinski definition) is 3. The number of halogens is 1. The van der Waals surface area contributed by atoms with Crippen LogP contribution < -0.4 is 0 Å². The van der Waals surface area contributed by atoms with Crippen molar-refractivity contribution >= 4 is 27.3 Å². The van der Waals surface area contributed by atoms with E-state index in [9.17, 15) is 0 Å². The number of rotatable bonds is 3. The highest BCUT2D eigenvalue weighted by molar-refractivity contribution is 9.11. The van der Waals surface area contributed by atoms with Crippen LogP contribution in [0.2, 0.25) is 0 Å². The number of nitriles is 1. The van der Waals surface area contributed by atoms with Gasteiger partial charge in [-0.1, -0.05) is 38.1 Å². The van der Waals surface area contributed by atoms with E-state index in [4.69, 9.17) is 5.26 Å². The van der Waals surface area contributed by atoms with Crippen molar-refractivity contribution in [3.05, 3.63) is 39.3 Å². The Bertz CT molecular complexity index is 579. The molecule has 92 valence electrons. The van der Waals surface area contributed by atoms with Crippen LogP contribution in [-0.4, -0.2) is 4.98 Å². The van der Waals surface area contributed by atoms with Crippen LogP contribution in [0.15, 0.2) is 28.1 Å². The lowest BCUT2D eigenvalue weighted by atomic mass is 10.0. The molecule has 0 spiro atoms. The smallest absolute Gasteiger partial charge is 0.124 e. The molecular formula is C14H13BrN2S. The monoisotopic (exact) mass is 320 g/mol. The maximum Gasteiger partial charge on any atom is 0.124 e. The molecular weight excluding hydrogens is 308 g/mol. The van der Waals surface area contributed by atoms with Crippen LogP contribution in [0, 0.1) is 11.3 Å². The molecule has 0 amide bonds. The third kappa shape index (κ3) is 2.80. The minimum absolute atomic E-state index is 0.348. The van der Waals surface area contributed by atoms with Crippen LogP contribution in [0.1, 0.15) is 31.0 Å². The molecule has 1 aromatic heterocycles. The first-order valence-electron chi connectivity index (χ1n) is 5.74. The molecule has 2 rings (SSSR count). The lowest BCUT2D eigenvalue weighted by Crippen LogP contribution is -1.87. The van der Waals surface area contributed by atoms with E-state index in [0.717, 1.165) is 20.1 Å². The van der Waals surface area contributed by atoms with Crippen LogP contribution in [0.3, 0.4) is 0 Å². The van der Waals surface area contributed by atoms with Crippen molar-refractivity contribution in [2.75, 3.05) is 0 Å². The van der Waals surface area contributed by atoms with E-state index in [1.54, 1.807) is 11.3 Å². The second kappa shape index (κ2) is 5.64. The van der Waals surface area contributed by atoms with E-state index in [-0.39, 0.29) is 0 Å². The summed E-state index contributed by atoms with van der Waals surface area (Å²) in [6, 6.07) is 10.6. The molecule has 0 aliphatic carbocycles. The summed E-state index contributed by atoms with van der Waals surface area (Å²) >= 11 is 5.03. The van der Waals surface area contributed by atoms with Gasteiger partial charge in [-0.15, -0.1) is 11.3 Å². The quantitative estimate of drug-likeness (QED) is 0.817. The van der Waals surface area contributed by atoms with Gasteiger partial charge in [-0.05, 0) is 27.4 Å². The summed E-state index contributed by atoms with van der Waals surface area (Å²) in [6.07, 6.45) is 0.348. The van der Waals surface area contributed by atoms with Gasteiger partial charge in [0.2, 0.25) is 0 Å². The van der Waals surface area contributed by atoms with Crippen molar-refractivity contribution in [1.29, 1.82) is 5.26 Å². The molecule has 0 fully saturated rings. The highest BCUT2D eigenvalue weighted by atomic mass is 79.9. The van der Waals surface area contributed by atoms with Gasteiger partial charge < -0.3 is 0 Å². The fourth-order valence-electron chi connectivity index (χ4n) is 1.65. The molecule has 18 heavy (non-hydrogen) atoms.